The lowest BCUT2D eigenvalue weighted by Gasteiger charge is -2.23. The molecule has 1 aromatic rings. The van der Waals surface area contributed by atoms with Gasteiger partial charge in [-0.25, -0.2) is 0 Å². The first-order valence-electron chi connectivity index (χ1n) is 6.37. The van der Waals surface area contributed by atoms with Gasteiger partial charge in [0.2, 0.25) is 0 Å². The molecule has 2 rings (SSSR count). The summed E-state index contributed by atoms with van der Waals surface area (Å²) in [6.45, 7) is 0. The molecule has 1 atom stereocenters. The number of benzene rings is 1. The van der Waals surface area contributed by atoms with Gasteiger partial charge in [-0.3, -0.25) is 0 Å². The van der Waals surface area contributed by atoms with Crippen LogP contribution in [0.5, 0.6) is 17.2 Å². The smallest absolute Gasteiger partial charge is 0.131 e. The quantitative estimate of drug-likeness (QED) is 0.863. The van der Waals surface area contributed by atoms with Gasteiger partial charge in [-0.1, -0.05) is 12.8 Å². The van der Waals surface area contributed by atoms with Gasteiger partial charge in [0.15, 0.2) is 0 Å². The molecule has 4 nitrogen and oxygen atoms in total. The normalized spacial score (nSPS) is 17.7. The maximum absolute atomic E-state index is 9.63. The van der Waals surface area contributed by atoms with E-state index in [-0.39, 0.29) is 11.8 Å². The highest BCUT2D eigenvalue weighted by Gasteiger charge is 2.28. The molecule has 4 heteroatoms. The van der Waals surface area contributed by atoms with Crippen molar-refractivity contribution in [2.45, 2.75) is 31.7 Å². The molecule has 0 amide bonds. The minimum atomic E-state index is -0.0991. The van der Waals surface area contributed by atoms with Crippen LogP contribution in [0.15, 0.2) is 12.1 Å². The maximum Gasteiger partial charge on any atom is 0.131 e. The first-order chi connectivity index (χ1) is 8.67. The summed E-state index contributed by atoms with van der Waals surface area (Å²) < 4.78 is 10.7. The van der Waals surface area contributed by atoms with Crippen LogP contribution in [0.3, 0.4) is 0 Å². The summed E-state index contributed by atoms with van der Waals surface area (Å²) >= 11 is 0. The van der Waals surface area contributed by atoms with Gasteiger partial charge >= 0.3 is 0 Å². The van der Waals surface area contributed by atoms with Crippen molar-refractivity contribution in [1.29, 1.82) is 0 Å². The van der Waals surface area contributed by atoms with Crippen molar-refractivity contribution in [2.75, 3.05) is 14.2 Å². The number of methoxy groups -OCH3 is 2. The highest BCUT2D eigenvalue weighted by Crippen LogP contribution is 2.43. The molecular formula is C14H21NO3. The standard InChI is InChI=1S/C14H21NO3/c1-17-11-7-10(16)8-12(18-2)13(11)14(15)9-5-3-4-6-9/h7-9,14,16H,3-6,15H2,1-2H3/t14-/m1/s1. The monoisotopic (exact) mass is 251 g/mol. The fraction of sp³-hybridized carbons (Fsp3) is 0.571. The van der Waals surface area contributed by atoms with Gasteiger partial charge in [-0.05, 0) is 18.8 Å². The van der Waals surface area contributed by atoms with E-state index >= 15 is 0 Å². The first kappa shape index (κ1) is 13.0. The fourth-order valence-electron chi connectivity index (χ4n) is 2.81. The van der Waals surface area contributed by atoms with Gasteiger partial charge in [0.1, 0.15) is 17.2 Å². The fourth-order valence-corrected chi connectivity index (χ4v) is 2.81. The molecule has 0 aromatic heterocycles. The number of phenolic OH excluding ortho intramolecular Hbond substituents is 1. The molecule has 0 unspecified atom stereocenters. The molecular weight excluding hydrogens is 230 g/mol. The minimum absolute atomic E-state index is 0.0991. The number of aromatic hydroxyl groups is 1. The Bertz CT molecular complexity index is 388. The summed E-state index contributed by atoms with van der Waals surface area (Å²) in [6.07, 6.45) is 4.77. The number of rotatable bonds is 4. The van der Waals surface area contributed by atoms with Crippen molar-refractivity contribution in [3.8, 4) is 17.2 Å². The molecule has 100 valence electrons. The largest absolute Gasteiger partial charge is 0.508 e. The van der Waals surface area contributed by atoms with E-state index < -0.39 is 0 Å². The van der Waals surface area contributed by atoms with E-state index in [4.69, 9.17) is 15.2 Å². The van der Waals surface area contributed by atoms with Gasteiger partial charge < -0.3 is 20.3 Å². The summed E-state index contributed by atoms with van der Waals surface area (Å²) in [7, 11) is 3.16. The number of phenols is 1. The van der Waals surface area contributed by atoms with Crippen LogP contribution in [0.4, 0.5) is 0 Å². The molecule has 1 aliphatic carbocycles. The molecule has 1 aromatic carbocycles. The zero-order chi connectivity index (χ0) is 13.1. The molecule has 1 fully saturated rings. The average molecular weight is 251 g/mol. The molecule has 0 heterocycles. The van der Waals surface area contributed by atoms with E-state index in [1.807, 2.05) is 0 Å². The zero-order valence-electron chi connectivity index (χ0n) is 11.0. The van der Waals surface area contributed by atoms with Gasteiger partial charge in [0, 0.05) is 18.2 Å². The highest BCUT2D eigenvalue weighted by molar-refractivity contribution is 5.52. The second kappa shape index (κ2) is 5.48. The topological polar surface area (TPSA) is 64.7 Å². The van der Waals surface area contributed by atoms with Crippen LogP contribution >= 0.6 is 0 Å². The maximum atomic E-state index is 9.63. The van der Waals surface area contributed by atoms with Crippen LogP contribution in [0, 0.1) is 5.92 Å². The van der Waals surface area contributed by atoms with Gasteiger partial charge in [0.05, 0.1) is 19.8 Å². The van der Waals surface area contributed by atoms with Crippen molar-refractivity contribution in [3.63, 3.8) is 0 Å². The van der Waals surface area contributed by atoms with Crippen molar-refractivity contribution >= 4 is 0 Å². The van der Waals surface area contributed by atoms with E-state index in [2.05, 4.69) is 0 Å². The number of hydrogen-bond acceptors (Lipinski definition) is 4. The molecule has 1 aliphatic rings. The van der Waals surface area contributed by atoms with E-state index in [0.29, 0.717) is 17.4 Å². The summed E-state index contributed by atoms with van der Waals surface area (Å²) in [5, 5.41) is 9.63. The second-order valence-corrected chi connectivity index (χ2v) is 4.83. The van der Waals surface area contributed by atoms with Gasteiger partial charge in [0.25, 0.3) is 0 Å². The Kier molecular flexibility index (Phi) is 3.97. The molecule has 0 saturated heterocycles. The molecule has 0 radical (unpaired) electrons. The Labute approximate surface area is 108 Å². The Hall–Kier alpha value is -1.42. The van der Waals surface area contributed by atoms with Crippen LogP contribution in [0.2, 0.25) is 0 Å². The van der Waals surface area contributed by atoms with Crippen LogP contribution in [-0.2, 0) is 0 Å². The lowest BCUT2D eigenvalue weighted by molar-refractivity contribution is 0.351. The van der Waals surface area contributed by atoms with Crippen molar-refractivity contribution in [3.05, 3.63) is 17.7 Å². The third kappa shape index (κ3) is 2.38. The minimum Gasteiger partial charge on any atom is -0.508 e. The average Bonchev–Trinajstić information content (AvgIpc) is 2.90. The summed E-state index contributed by atoms with van der Waals surface area (Å²) in [6, 6.07) is 3.08. The summed E-state index contributed by atoms with van der Waals surface area (Å²) in [5.41, 5.74) is 7.23. The van der Waals surface area contributed by atoms with Crippen molar-refractivity contribution in [2.24, 2.45) is 11.7 Å². The molecule has 0 spiro atoms. The zero-order valence-corrected chi connectivity index (χ0v) is 11.0. The van der Waals surface area contributed by atoms with Crippen LogP contribution in [0.1, 0.15) is 37.3 Å². The number of nitrogens with two attached hydrogens (primary N) is 1. The number of hydrogen-bond donors (Lipinski definition) is 2. The molecule has 1 saturated carbocycles. The Balaban J connectivity index is 2.39. The predicted molar refractivity (Wildman–Crippen MR) is 70.1 cm³/mol. The predicted octanol–water partition coefficient (Wildman–Crippen LogP) is 2.60. The second-order valence-electron chi connectivity index (χ2n) is 4.83. The number of ether oxygens (including phenoxy) is 2. The Morgan fingerprint density at radius 1 is 1.17 bits per heavy atom. The van der Waals surface area contributed by atoms with Gasteiger partial charge in [-0.2, -0.15) is 0 Å². The van der Waals surface area contributed by atoms with E-state index in [9.17, 15) is 5.11 Å². The van der Waals surface area contributed by atoms with Crippen molar-refractivity contribution < 1.29 is 14.6 Å². The summed E-state index contributed by atoms with van der Waals surface area (Å²) in [5.74, 6) is 1.81. The molecule has 0 aliphatic heterocycles. The third-order valence-electron chi connectivity index (χ3n) is 3.77. The Morgan fingerprint density at radius 3 is 2.11 bits per heavy atom. The lowest BCUT2D eigenvalue weighted by Crippen LogP contribution is -2.20. The molecule has 18 heavy (non-hydrogen) atoms. The molecule has 0 bridgehead atoms. The van der Waals surface area contributed by atoms with Gasteiger partial charge in [-0.15, -0.1) is 0 Å². The van der Waals surface area contributed by atoms with E-state index in [1.54, 1.807) is 26.4 Å². The first-order valence-corrected chi connectivity index (χ1v) is 6.37. The highest BCUT2D eigenvalue weighted by atomic mass is 16.5. The summed E-state index contributed by atoms with van der Waals surface area (Å²) in [4.78, 5) is 0. The van der Waals surface area contributed by atoms with Crippen LogP contribution in [0.25, 0.3) is 0 Å². The van der Waals surface area contributed by atoms with Crippen LogP contribution < -0.4 is 15.2 Å². The third-order valence-corrected chi connectivity index (χ3v) is 3.77. The van der Waals surface area contributed by atoms with E-state index in [1.165, 1.54) is 12.8 Å². The lowest BCUT2D eigenvalue weighted by atomic mass is 9.91. The van der Waals surface area contributed by atoms with E-state index in [0.717, 1.165) is 18.4 Å². The Morgan fingerprint density at radius 2 is 1.67 bits per heavy atom. The molecule has 3 N–H and O–H groups in total. The SMILES string of the molecule is COc1cc(O)cc(OC)c1[C@H](N)C1CCCC1. The van der Waals surface area contributed by atoms with Crippen molar-refractivity contribution in [1.82, 2.24) is 0 Å². The van der Waals surface area contributed by atoms with Crippen LogP contribution in [-0.4, -0.2) is 19.3 Å².